The normalized spacial score (nSPS) is 18.5. The number of halogens is 1. The summed E-state index contributed by atoms with van der Waals surface area (Å²) in [5, 5.41) is 3.29. The van der Waals surface area contributed by atoms with Crippen molar-refractivity contribution in [2.75, 3.05) is 50.8 Å². The molecule has 2 fully saturated rings. The summed E-state index contributed by atoms with van der Waals surface area (Å²) >= 11 is 0. The van der Waals surface area contributed by atoms with E-state index in [4.69, 9.17) is 14.7 Å². The number of piperazine rings is 1. The molecule has 2 aromatic heterocycles. The monoisotopic (exact) mass is 524 g/mol. The third kappa shape index (κ3) is 4.22. The largest absolute Gasteiger partial charge is 0.381 e. The Morgan fingerprint density at radius 3 is 2.69 bits per heavy atom. The highest BCUT2D eigenvalue weighted by Crippen LogP contribution is 2.50. The van der Waals surface area contributed by atoms with Gasteiger partial charge in [0.25, 0.3) is 5.91 Å². The van der Waals surface area contributed by atoms with Crippen LogP contribution in [-0.4, -0.2) is 71.7 Å². The molecule has 4 aromatic rings. The van der Waals surface area contributed by atoms with Crippen molar-refractivity contribution >= 4 is 28.4 Å². The minimum atomic E-state index is -0.232. The van der Waals surface area contributed by atoms with E-state index in [9.17, 15) is 9.18 Å². The van der Waals surface area contributed by atoms with Gasteiger partial charge < -0.3 is 19.9 Å². The molecule has 9 heteroatoms. The van der Waals surface area contributed by atoms with E-state index in [0.717, 1.165) is 54.0 Å². The molecule has 198 valence electrons. The second kappa shape index (κ2) is 9.66. The third-order valence-corrected chi connectivity index (χ3v) is 8.26. The number of ether oxygens (including phenoxy) is 1. The Morgan fingerprint density at radius 2 is 1.85 bits per heavy atom. The fraction of sp³-hybridized carbons (Fsp3) is 0.333. The van der Waals surface area contributed by atoms with Crippen LogP contribution in [0.15, 0.2) is 60.9 Å². The highest BCUT2D eigenvalue weighted by atomic mass is 19.1. The number of aromatic nitrogens is 3. The summed E-state index contributed by atoms with van der Waals surface area (Å²) in [6.45, 7) is 5.00. The molecule has 5 heterocycles. The summed E-state index contributed by atoms with van der Waals surface area (Å²) < 4.78 is 20.1. The highest BCUT2D eigenvalue weighted by Gasteiger charge is 2.45. The van der Waals surface area contributed by atoms with Crippen LogP contribution in [0.5, 0.6) is 0 Å². The van der Waals surface area contributed by atoms with Gasteiger partial charge in [-0.05, 0) is 60.9 Å². The maximum atomic E-state index is 14.4. The van der Waals surface area contributed by atoms with E-state index in [1.54, 1.807) is 12.4 Å². The number of rotatable bonds is 3. The predicted molar refractivity (Wildman–Crippen MR) is 147 cm³/mol. The molecule has 0 bridgehead atoms. The molecule has 39 heavy (non-hydrogen) atoms. The van der Waals surface area contributed by atoms with E-state index in [2.05, 4.69) is 15.2 Å². The Kier molecular flexibility index (Phi) is 5.97. The van der Waals surface area contributed by atoms with Gasteiger partial charge in [-0.25, -0.2) is 19.3 Å². The molecule has 0 saturated carbocycles. The maximum Gasteiger partial charge on any atom is 0.253 e. The number of hydrogen-bond donors (Lipinski definition) is 1. The average molecular weight is 525 g/mol. The molecule has 2 saturated heterocycles. The molecule has 1 amide bonds. The van der Waals surface area contributed by atoms with Gasteiger partial charge in [0, 0.05) is 68.2 Å². The van der Waals surface area contributed by atoms with E-state index in [1.165, 1.54) is 6.07 Å². The Balaban J connectivity index is 1.29. The van der Waals surface area contributed by atoms with Crippen LogP contribution in [0.1, 0.15) is 28.8 Å². The summed E-state index contributed by atoms with van der Waals surface area (Å²) in [6.07, 6.45) is 3.22. The van der Waals surface area contributed by atoms with Crippen LogP contribution >= 0.6 is 0 Å². The molecule has 3 aliphatic rings. The zero-order chi connectivity index (χ0) is 26.4. The van der Waals surface area contributed by atoms with Crippen molar-refractivity contribution in [3.63, 3.8) is 0 Å². The lowest BCUT2D eigenvalue weighted by atomic mass is 9.76. The Hall–Kier alpha value is -3.95. The van der Waals surface area contributed by atoms with E-state index >= 15 is 0 Å². The van der Waals surface area contributed by atoms with Gasteiger partial charge in [-0.1, -0.05) is 12.1 Å². The predicted octanol–water partition coefficient (Wildman–Crippen LogP) is 4.08. The summed E-state index contributed by atoms with van der Waals surface area (Å²) in [6, 6.07) is 16.5. The topological polar surface area (TPSA) is 83.5 Å². The lowest BCUT2D eigenvalue weighted by Crippen LogP contribution is -2.46. The van der Waals surface area contributed by atoms with Crippen molar-refractivity contribution in [1.82, 2.24) is 25.2 Å². The molecule has 8 nitrogen and oxygen atoms in total. The van der Waals surface area contributed by atoms with Crippen molar-refractivity contribution < 1.29 is 13.9 Å². The molecule has 0 unspecified atom stereocenters. The van der Waals surface area contributed by atoms with Gasteiger partial charge in [-0.15, -0.1) is 0 Å². The van der Waals surface area contributed by atoms with E-state index < -0.39 is 0 Å². The number of pyridine rings is 1. The molecule has 1 spiro atoms. The second-order valence-corrected chi connectivity index (χ2v) is 10.5. The van der Waals surface area contributed by atoms with Crippen LogP contribution in [0, 0.1) is 5.82 Å². The van der Waals surface area contributed by atoms with Gasteiger partial charge in [-0.2, -0.15) is 0 Å². The van der Waals surface area contributed by atoms with E-state index in [1.807, 2.05) is 47.4 Å². The number of fused-ring (bicyclic) bond motifs is 3. The summed E-state index contributed by atoms with van der Waals surface area (Å²) in [4.78, 5) is 31.4. The molecular weight excluding hydrogens is 495 g/mol. The minimum Gasteiger partial charge on any atom is -0.381 e. The van der Waals surface area contributed by atoms with Gasteiger partial charge in [0.15, 0.2) is 5.82 Å². The number of benzene rings is 2. The van der Waals surface area contributed by atoms with Crippen LogP contribution in [0.4, 0.5) is 15.9 Å². The number of anilines is 2. The quantitative estimate of drug-likeness (QED) is 0.433. The summed E-state index contributed by atoms with van der Waals surface area (Å²) in [5.74, 6) is 0.501. The lowest BCUT2D eigenvalue weighted by Gasteiger charge is -2.34. The Morgan fingerprint density at radius 1 is 1.00 bits per heavy atom. The molecule has 0 radical (unpaired) electrons. The zero-order valence-corrected chi connectivity index (χ0v) is 21.6. The smallest absolute Gasteiger partial charge is 0.253 e. The fourth-order valence-corrected chi connectivity index (χ4v) is 6.17. The third-order valence-electron chi connectivity index (χ3n) is 8.26. The lowest BCUT2D eigenvalue weighted by molar-refractivity contribution is 0.0557. The van der Waals surface area contributed by atoms with Gasteiger partial charge in [-0.3, -0.25) is 4.79 Å². The fourth-order valence-electron chi connectivity index (χ4n) is 6.17. The average Bonchev–Trinajstić information content (AvgIpc) is 3.29. The Labute approximate surface area is 225 Å². The van der Waals surface area contributed by atoms with Crippen molar-refractivity contribution in [1.29, 1.82) is 0 Å². The number of hydrogen-bond acceptors (Lipinski definition) is 7. The van der Waals surface area contributed by atoms with Crippen molar-refractivity contribution in [3.8, 4) is 11.3 Å². The molecule has 0 aliphatic carbocycles. The van der Waals surface area contributed by atoms with Gasteiger partial charge in [0.2, 0.25) is 0 Å². The molecule has 1 N–H and O–H groups in total. The summed E-state index contributed by atoms with van der Waals surface area (Å²) in [7, 11) is 0. The van der Waals surface area contributed by atoms with E-state index in [0.29, 0.717) is 49.7 Å². The molecule has 3 aliphatic heterocycles. The number of carbonyl (C=O) groups excluding carboxylic acids is 1. The SMILES string of the molecule is O=C(c1cccc(-c2ccc3ncnc(N4CC5(CCOCC5)c5cc(F)ccc54)c3n2)c1)N1CCNCC1. The van der Waals surface area contributed by atoms with Crippen LogP contribution in [0.2, 0.25) is 0 Å². The molecule has 7 rings (SSSR count). The first-order valence-corrected chi connectivity index (χ1v) is 13.5. The van der Waals surface area contributed by atoms with Crippen LogP contribution < -0.4 is 10.2 Å². The van der Waals surface area contributed by atoms with Crippen molar-refractivity contribution in [2.45, 2.75) is 18.3 Å². The number of nitrogens with one attached hydrogen (secondary N) is 1. The van der Waals surface area contributed by atoms with Gasteiger partial charge >= 0.3 is 0 Å². The first kappa shape index (κ1) is 24.1. The number of nitrogens with zero attached hydrogens (tertiary/aromatic N) is 5. The second-order valence-electron chi connectivity index (χ2n) is 10.5. The van der Waals surface area contributed by atoms with Crippen LogP contribution in [0.3, 0.4) is 0 Å². The minimum absolute atomic E-state index is 0.0332. The Bertz CT molecular complexity index is 1560. The van der Waals surface area contributed by atoms with Crippen molar-refractivity contribution in [2.24, 2.45) is 0 Å². The first-order chi connectivity index (χ1) is 19.1. The summed E-state index contributed by atoms with van der Waals surface area (Å²) in [5.41, 5.74) is 5.43. The van der Waals surface area contributed by atoms with E-state index in [-0.39, 0.29) is 17.1 Å². The number of amides is 1. The molecule has 2 aromatic carbocycles. The van der Waals surface area contributed by atoms with Crippen LogP contribution in [-0.2, 0) is 10.2 Å². The standard InChI is InChI=1S/C30H29FN6O2/c31-22-4-7-26-23(17-22)30(8-14-39-15-9-30)18-37(26)28-27-25(33-19-34-28)6-5-24(35-27)20-2-1-3-21(16-20)29(38)36-12-10-32-11-13-36/h1-7,16-17,19,32H,8-15,18H2. The van der Waals surface area contributed by atoms with Gasteiger partial charge in [0.05, 0.1) is 11.2 Å². The first-order valence-electron chi connectivity index (χ1n) is 13.5. The molecule has 0 atom stereocenters. The van der Waals surface area contributed by atoms with Crippen molar-refractivity contribution in [3.05, 3.63) is 77.9 Å². The van der Waals surface area contributed by atoms with Gasteiger partial charge in [0.1, 0.15) is 17.7 Å². The molecular formula is C30H29FN6O2. The maximum absolute atomic E-state index is 14.4. The number of carbonyl (C=O) groups is 1. The van der Waals surface area contributed by atoms with Crippen LogP contribution in [0.25, 0.3) is 22.3 Å². The zero-order valence-electron chi connectivity index (χ0n) is 21.6. The highest BCUT2D eigenvalue weighted by molar-refractivity contribution is 5.96.